The van der Waals surface area contributed by atoms with Gasteiger partial charge in [0.15, 0.2) is 0 Å². The molecule has 0 aromatic heterocycles. The van der Waals surface area contributed by atoms with E-state index in [1.165, 1.54) is 372 Å². The van der Waals surface area contributed by atoms with Gasteiger partial charge in [0.2, 0.25) is 5.91 Å². The summed E-state index contributed by atoms with van der Waals surface area (Å²) >= 11 is 0. The Kier molecular flexibility index (Phi) is 70.8. The molecule has 0 aliphatic rings. The maximum atomic E-state index is 12.5. The lowest BCUT2D eigenvalue weighted by Gasteiger charge is -2.20. The largest absolute Gasteiger partial charge is 0.466 e. The zero-order valence-corrected chi connectivity index (χ0v) is 56.0. The number of carbonyl (C=O) groups excluding carboxylic acids is 2. The number of allylic oxidation sites excluding steroid dienone is 1. The Hall–Kier alpha value is -1.40. The van der Waals surface area contributed by atoms with Gasteiger partial charge >= 0.3 is 5.97 Å². The fourth-order valence-corrected chi connectivity index (χ4v) is 12.3. The first-order chi connectivity index (χ1) is 40.5. The van der Waals surface area contributed by atoms with Gasteiger partial charge < -0.3 is 20.3 Å². The highest BCUT2D eigenvalue weighted by Gasteiger charge is 2.18. The number of rotatable bonds is 72. The highest BCUT2D eigenvalue weighted by atomic mass is 16.5. The molecule has 6 heteroatoms. The fourth-order valence-electron chi connectivity index (χ4n) is 12.3. The zero-order chi connectivity index (χ0) is 59.2. The minimum atomic E-state index is -0.842. The fraction of sp³-hybridized carbons (Fsp3) is 0.947. The van der Waals surface area contributed by atoms with E-state index in [9.17, 15) is 19.8 Å². The topological polar surface area (TPSA) is 95.9 Å². The Morgan fingerprint density at radius 1 is 0.329 bits per heavy atom. The molecule has 0 spiro atoms. The lowest BCUT2D eigenvalue weighted by Crippen LogP contribution is -2.45. The molecule has 0 saturated heterocycles. The van der Waals surface area contributed by atoms with Gasteiger partial charge in [-0.3, -0.25) is 9.59 Å². The van der Waals surface area contributed by atoms with Crippen LogP contribution in [0, 0.1) is 0 Å². The van der Waals surface area contributed by atoms with Crippen LogP contribution < -0.4 is 5.32 Å². The van der Waals surface area contributed by atoms with Gasteiger partial charge in [-0.1, -0.05) is 405 Å². The number of carbonyl (C=O) groups is 2. The van der Waals surface area contributed by atoms with Crippen LogP contribution >= 0.6 is 0 Å². The number of hydrogen-bond donors (Lipinski definition) is 3. The van der Waals surface area contributed by atoms with Crippen molar-refractivity contribution >= 4 is 11.9 Å². The van der Waals surface area contributed by atoms with Gasteiger partial charge in [-0.25, -0.2) is 0 Å². The molecule has 0 aromatic rings. The van der Waals surface area contributed by atoms with Crippen molar-refractivity contribution in [3.05, 3.63) is 12.2 Å². The molecule has 0 fully saturated rings. The molecule has 2 atom stereocenters. The first-order valence-corrected chi connectivity index (χ1v) is 38.0. The van der Waals surface area contributed by atoms with E-state index in [1.54, 1.807) is 6.08 Å². The monoisotopic (exact) mass is 1160 g/mol. The highest BCUT2D eigenvalue weighted by molar-refractivity contribution is 5.76. The lowest BCUT2D eigenvalue weighted by molar-refractivity contribution is -0.143. The Morgan fingerprint density at radius 3 is 0.829 bits per heavy atom. The van der Waals surface area contributed by atoms with Gasteiger partial charge in [0.05, 0.1) is 25.4 Å². The summed E-state index contributed by atoms with van der Waals surface area (Å²) in [5, 5.41) is 23.3. The second-order valence-corrected chi connectivity index (χ2v) is 26.4. The van der Waals surface area contributed by atoms with Crippen molar-refractivity contribution in [2.24, 2.45) is 0 Å². The number of aliphatic hydroxyl groups is 2. The highest BCUT2D eigenvalue weighted by Crippen LogP contribution is 2.20. The van der Waals surface area contributed by atoms with E-state index < -0.39 is 12.1 Å². The molecular weight excluding hydrogens is 1010 g/mol. The van der Waals surface area contributed by atoms with Crippen LogP contribution in [0.2, 0.25) is 0 Å². The summed E-state index contributed by atoms with van der Waals surface area (Å²) in [6, 6.07) is -0.625. The summed E-state index contributed by atoms with van der Waals surface area (Å²) in [4.78, 5) is 24.6. The number of unbranched alkanes of at least 4 members (excludes halogenated alkanes) is 61. The van der Waals surface area contributed by atoms with Gasteiger partial charge in [0.1, 0.15) is 0 Å². The third-order valence-corrected chi connectivity index (χ3v) is 18.1. The van der Waals surface area contributed by atoms with Gasteiger partial charge in [-0.05, 0) is 32.1 Å². The molecule has 3 N–H and O–H groups in total. The van der Waals surface area contributed by atoms with Crippen molar-refractivity contribution in [1.29, 1.82) is 0 Å². The molecule has 0 aliphatic carbocycles. The van der Waals surface area contributed by atoms with Crippen molar-refractivity contribution in [1.82, 2.24) is 5.32 Å². The number of nitrogens with one attached hydrogen (secondary N) is 1. The number of ether oxygens (including phenoxy) is 1. The minimum absolute atomic E-state index is 0.0206. The number of esters is 1. The molecule has 1 amide bonds. The summed E-state index contributed by atoms with van der Waals surface area (Å²) in [5.74, 6) is -0.0380. The second kappa shape index (κ2) is 72.1. The van der Waals surface area contributed by atoms with Crippen molar-refractivity contribution < 1.29 is 24.5 Å². The SMILES string of the molecule is CCCCCCCCCCCCCCCCCCCCCCCC/C=C/C(O)C(CO)NC(=O)CCCCCCCCCCCCCCCCCCCCCCCCCCCCCCCCOC(=O)CCCCCCCCCCCCC. The smallest absolute Gasteiger partial charge is 0.305 e. The Labute approximate surface area is 514 Å². The van der Waals surface area contributed by atoms with Crippen LogP contribution in [0.25, 0.3) is 0 Å². The average Bonchev–Trinajstić information content (AvgIpc) is 3.48. The minimum Gasteiger partial charge on any atom is -0.466 e. The Bertz CT molecular complexity index is 1240. The molecule has 6 nitrogen and oxygen atoms in total. The molecule has 82 heavy (non-hydrogen) atoms. The molecule has 0 saturated carbocycles. The van der Waals surface area contributed by atoms with Crippen molar-refractivity contribution in [2.45, 2.75) is 450 Å². The van der Waals surface area contributed by atoms with E-state index in [1.807, 2.05) is 6.08 Å². The molecule has 0 rings (SSSR count). The normalized spacial score (nSPS) is 12.5. The van der Waals surface area contributed by atoms with E-state index in [4.69, 9.17) is 4.74 Å². The van der Waals surface area contributed by atoms with Crippen LogP contribution in [0.5, 0.6) is 0 Å². The molecule has 0 aliphatic heterocycles. The van der Waals surface area contributed by atoms with Crippen LogP contribution in [0.3, 0.4) is 0 Å². The summed E-state index contributed by atoms with van der Waals surface area (Å²) in [6.45, 7) is 4.95. The van der Waals surface area contributed by atoms with Crippen LogP contribution in [-0.4, -0.2) is 47.4 Å². The molecule has 0 heterocycles. The predicted molar refractivity (Wildman–Crippen MR) is 361 cm³/mol. The van der Waals surface area contributed by atoms with Gasteiger partial charge in [-0.15, -0.1) is 0 Å². The Morgan fingerprint density at radius 2 is 0.561 bits per heavy atom. The number of hydrogen-bond acceptors (Lipinski definition) is 5. The van der Waals surface area contributed by atoms with E-state index in [0.29, 0.717) is 19.4 Å². The summed E-state index contributed by atoms with van der Waals surface area (Å²) < 4.78 is 5.48. The quantitative estimate of drug-likeness (QED) is 0.0320. The van der Waals surface area contributed by atoms with Gasteiger partial charge in [0.25, 0.3) is 0 Å². The zero-order valence-electron chi connectivity index (χ0n) is 56.0. The van der Waals surface area contributed by atoms with E-state index in [-0.39, 0.29) is 18.5 Å². The van der Waals surface area contributed by atoms with Gasteiger partial charge in [0, 0.05) is 12.8 Å². The molecule has 2 unspecified atom stereocenters. The summed E-state index contributed by atoms with van der Waals surface area (Å²) in [7, 11) is 0. The van der Waals surface area contributed by atoms with Crippen LogP contribution in [0.1, 0.15) is 438 Å². The lowest BCUT2D eigenvalue weighted by atomic mass is 10.0. The van der Waals surface area contributed by atoms with Crippen LogP contribution in [0.15, 0.2) is 12.2 Å². The molecular formula is C76H149NO5. The summed E-state index contributed by atoms with van der Waals surface area (Å²) in [6.07, 6.45) is 90.4. The predicted octanol–water partition coefficient (Wildman–Crippen LogP) is 24.7. The van der Waals surface area contributed by atoms with Crippen molar-refractivity contribution in [2.75, 3.05) is 13.2 Å². The molecule has 0 bridgehead atoms. The van der Waals surface area contributed by atoms with Crippen molar-refractivity contribution in [3.63, 3.8) is 0 Å². The van der Waals surface area contributed by atoms with Gasteiger partial charge in [-0.2, -0.15) is 0 Å². The Balaban J connectivity index is 3.36. The maximum Gasteiger partial charge on any atom is 0.305 e. The van der Waals surface area contributed by atoms with Crippen molar-refractivity contribution in [3.8, 4) is 0 Å². The molecule has 0 aromatic carbocycles. The molecule has 488 valence electrons. The van der Waals surface area contributed by atoms with E-state index >= 15 is 0 Å². The molecule has 0 radical (unpaired) electrons. The first kappa shape index (κ1) is 80.6. The van der Waals surface area contributed by atoms with E-state index in [0.717, 1.165) is 38.5 Å². The number of amides is 1. The summed E-state index contributed by atoms with van der Waals surface area (Å²) in [5.41, 5.74) is 0. The third kappa shape index (κ3) is 67.7. The number of aliphatic hydroxyl groups excluding tert-OH is 2. The third-order valence-electron chi connectivity index (χ3n) is 18.1. The van der Waals surface area contributed by atoms with E-state index in [2.05, 4.69) is 19.2 Å². The average molecular weight is 1160 g/mol. The second-order valence-electron chi connectivity index (χ2n) is 26.4. The first-order valence-electron chi connectivity index (χ1n) is 38.0. The van der Waals surface area contributed by atoms with Crippen LogP contribution in [-0.2, 0) is 14.3 Å². The standard InChI is InChI=1S/C76H149NO5/c1-3-5-7-9-11-13-15-16-17-18-19-20-21-30-33-36-39-42-45-49-52-56-60-64-68-74(79)73(72-78)77-75(80)69-65-61-57-53-50-46-43-40-37-34-31-28-26-24-22-23-25-27-29-32-35-38-41-44-47-51-55-59-63-67-71-82-76(81)70-66-62-58-54-48-14-12-10-8-6-4-2/h64,68,73-74,78-79H,3-63,65-67,69-72H2,1-2H3,(H,77,80)/b68-64+. The van der Waals surface area contributed by atoms with Crippen LogP contribution in [0.4, 0.5) is 0 Å². The maximum absolute atomic E-state index is 12.5.